The molecule has 1 aromatic heterocycles. The van der Waals surface area contributed by atoms with Gasteiger partial charge in [-0.1, -0.05) is 13.8 Å². The lowest BCUT2D eigenvalue weighted by Crippen LogP contribution is -2.17. The van der Waals surface area contributed by atoms with Crippen molar-refractivity contribution in [3.63, 3.8) is 0 Å². The third kappa shape index (κ3) is 3.57. The first kappa shape index (κ1) is 14.5. The van der Waals surface area contributed by atoms with Gasteiger partial charge < -0.3 is 10.1 Å². The molecule has 1 amide bonds. The lowest BCUT2D eigenvalue weighted by molar-refractivity contribution is 0.0963. The van der Waals surface area contributed by atoms with E-state index in [1.165, 1.54) is 0 Å². The summed E-state index contributed by atoms with van der Waals surface area (Å²) in [7, 11) is 1.61. The van der Waals surface area contributed by atoms with E-state index in [0.717, 1.165) is 16.5 Å². The van der Waals surface area contributed by atoms with Crippen molar-refractivity contribution in [1.29, 1.82) is 0 Å². The highest BCUT2D eigenvalue weighted by Gasteiger charge is 2.07. The number of amides is 1. The Bertz CT molecular complexity index is 576. The fourth-order valence-electron chi connectivity index (χ4n) is 1.66. The van der Waals surface area contributed by atoms with Crippen molar-refractivity contribution < 1.29 is 9.53 Å². The maximum atomic E-state index is 11.4. The first-order chi connectivity index (χ1) is 9.60. The van der Waals surface area contributed by atoms with Crippen LogP contribution < -0.4 is 10.1 Å². The first-order valence-electron chi connectivity index (χ1n) is 6.49. The monoisotopic (exact) mass is 290 g/mol. The Balaban J connectivity index is 1.95. The molecule has 0 atom stereocenters. The zero-order chi connectivity index (χ0) is 14.5. The molecule has 106 valence electrons. The number of benzene rings is 1. The molecule has 1 aromatic carbocycles. The molecule has 0 aliphatic rings. The second-order valence-electron chi connectivity index (χ2n) is 4.72. The highest BCUT2D eigenvalue weighted by Crippen LogP contribution is 2.20. The Hall–Kier alpha value is -1.88. The first-order valence-corrected chi connectivity index (χ1v) is 7.37. The minimum absolute atomic E-state index is 0.0994. The second kappa shape index (κ2) is 6.52. The SMILES string of the molecule is CNC(=O)c1ccc(OCc2csc(C(C)C)n2)cc1. The van der Waals surface area contributed by atoms with E-state index >= 15 is 0 Å². The summed E-state index contributed by atoms with van der Waals surface area (Å²) in [5.74, 6) is 1.08. The Morgan fingerprint density at radius 3 is 2.60 bits per heavy atom. The number of nitrogens with one attached hydrogen (secondary N) is 1. The van der Waals surface area contributed by atoms with E-state index in [-0.39, 0.29) is 5.91 Å². The van der Waals surface area contributed by atoms with Crippen LogP contribution in [0.25, 0.3) is 0 Å². The van der Waals surface area contributed by atoms with Crippen LogP contribution in [0.3, 0.4) is 0 Å². The van der Waals surface area contributed by atoms with Crippen molar-refractivity contribution in [1.82, 2.24) is 10.3 Å². The van der Waals surface area contributed by atoms with E-state index in [2.05, 4.69) is 24.1 Å². The number of aromatic nitrogens is 1. The third-order valence-electron chi connectivity index (χ3n) is 2.79. The molecule has 0 fully saturated rings. The highest BCUT2D eigenvalue weighted by molar-refractivity contribution is 7.09. The maximum absolute atomic E-state index is 11.4. The van der Waals surface area contributed by atoms with Crippen LogP contribution in [0.1, 0.15) is 40.8 Å². The maximum Gasteiger partial charge on any atom is 0.251 e. The minimum Gasteiger partial charge on any atom is -0.487 e. The van der Waals surface area contributed by atoms with Gasteiger partial charge in [-0.15, -0.1) is 11.3 Å². The summed E-state index contributed by atoms with van der Waals surface area (Å²) < 4.78 is 5.67. The predicted octanol–water partition coefficient (Wildman–Crippen LogP) is 3.21. The molecular weight excluding hydrogens is 272 g/mol. The van der Waals surface area contributed by atoms with Gasteiger partial charge in [-0.05, 0) is 24.3 Å². The Morgan fingerprint density at radius 2 is 2.05 bits per heavy atom. The molecule has 1 heterocycles. The number of thiazole rings is 1. The summed E-state index contributed by atoms with van der Waals surface area (Å²) in [6, 6.07) is 7.07. The Kier molecular flexibility index (Phi) is 4.74. The van der Waals surface area contributed by atoms with Crippen LogP contribution >= 0.6 is 11.3 Å². The molecule has 4 nitrogen and oxygen atoms in total. The molecule has 0 saturated heterocycles. The van der Waals surface area contributed by atoms with Crippen molar-refractivity contribution in [2.75, 3.05) is 7.05 Å². The van der Waals surface area contributed by atoms with Crippen LogP contribution in [0.4, 0.5) is 0 Å². The Morgan fingerprint density at radius 1 is 1.35 bits per heavy atom. The lowest BCUT2D eigenvalue weighted by Gasteiger charge is -2.05. The molecule has 1 N–H and O–H groups in total. The standard InChI is InChI=1S/C15H18N2O2S/c1-10(2)15-17-12(9-20-15)8-19-13-6-4-11(5-7-13)14(18)16-3/h4-7,9-10H,8H2,1-3H3,(H,16,18). The molecule has 0 spiro atoms. The van der Waals surface area contributed by atoms with Gasteiger partial charge >= 0.3 is 0 Å². The molecule has 0 unspecified atom stereocenters. The average Bonchev–Trinajstić information content (AvgIpc) is 2.94. The lowest BCUT2D eigenvalue weighted by atomic mass is 10.2. The summed E-state index contributed by atoms with van der Waals surface area (Å²) in [4.78, 5) is 15.9. The second-order valence-corrected chi connectivity index (χ2v) is 5.61. The molecule has 0 saturated carbocycles. The third-order valence-corrected chi connectivity index (χ3v) is 3.99. The van der Waals surface area contributed by atoms with E-state index in [0.29, 0.717) is 18.1 Å². The van der Waals surface area contributed by atoms with Gasteiger partial charge in [0.25, 0.3) is 5.91 Å². The van der Waals surface area contributed by atoms with Crippen molar-refractivity contribution in [2.24, 2.45) is 0 Å². The van der Waals surface area contributed by atoms with Gasteiger partial charge in [0.15, 0.2) is 0 Å². The van der Waals surface area contributed by atoms with E-state index < -0.39 is 0 Å². The quantitative estimate of drug-likeness (QED) is 0.920. The van der Waals surface area contributed by atoms with E-state index in [1.54, 1.807) is 42.6 Å². The number of carbonyl (C=O) groups excluding carboxylic acids is 1. The van der Waals surface area contributed by atoms with E-state index in [1.807, 2.05) is 5.38 Å². The average molecular weight is 290 g/mol. The topological polar surface area (TPSA) is 51.2 Å². The number of ether oxygens (including phenoxy) is 1. The van der Waals surface area contributed by atoms with E-state index in [9.17, 15) is 4.79 Å². The number of rotatable bonds is 5. The predicted molar refractivity (Wildman–Crippen MR) is 80.4 cm³/mol. The van der Waals surface area contributed by atoms with Gasteiger partial charge in [-0.3, -0.25) is 4.79 Å². The van der Waals surface area contributed by atoms with Crippen LogP contribution in [0.15, 0.2) is 29.6 Å². The molecule has 2 rings (SSSR count). The number of carbonyl (C=O) groups is 1. The summed E-state index contributed by atoms with van der Waals surface area (Å²) in [5, 5.41) is 5.73. The van der Waals surface area contributed by atoms with Gasteiger partial charge in [-0.25, -0.2) is 4.98 Å². The molecule has 0 bridgehead atoms. The normalized spacial score (nSPS) is 10.6. The fraction of sp³-hybridized carbons (Fsp3) is 0.333. The van der Waals surface area contributed by atoms with Gasteiger partial charge in [0.2, 0.25) is 0 Å². The van der Waals surface area contributed by atoms with E-state index in [4.69, 9.17) is 4.74 Å². The van der Waals surface area contributed by atoms with Crippen molar-refractivity contribution in [3.05, 3.63) is 45.9 Å². The molecule has 0 aliphatic heterocycles. The summed E-state index contributed by atoms with van der Waals surface area (Å²) in [6.07, 6.45) is 0. The molecular formula is C15H18N2O2S. The van der Waals surface area contributed by atoms with Gasteiger partial charge in [0.1, 0.15) is 12.4 Å². The zero-order valence-electron chi connectivity index (χ0n) is 11.8. The summed E-state index contributed by atoms with van der Waals surface area (Å²) >= 11 is 1.66. The summed E-state index contributed by atoms with van der Waals surface area (Å²) in [6.45, 7) is 4.70. The molecule has 20 heavy (non-hydrogen) atoms. The summed E-state index contributed by atoms with van der Waals surface area (Å²) in [5.41, 5.74) is 1.56. The van der Waals surface area contributed by atoms with Gasteiger partial charge in [-0.2, -0.15) is 0 Å². The molecule has 2 aromatic rings. The Labute approximate surface area is 122 Å². The zero-order valence-corrected chi connectivity index (χ0v) is 12.7. The number of hydrogen-bond donors (Lipinski definition) is 1. The molecule has 5 heteroatoms. The number of hydrogen-bond acceptors (Lipinski definition) is 4. The minimum atomic E-state index is -0.0994. The number of nitrogens with zero attached hydrogens (tertiary/aromatic N) is 1. The van der Waals surface area contributed by atoms with Crippen LogP contribution in [0, 0.1) is 0 Å². The van der Waals surface area contributed by atoms with Crippen LogP contribution in [0.2, 0.25) is 0 Å². The van der Waals surface area contributed by atoms with Gasteiger partial charge in [0.05, 0.1) is 10.7 Å². The van der Waals surface area contributed by atoms with Gasteiger partial charge in [0, 0.05) is 23.9 Å². The van der Waals surface area contributed by atoms with Crippen molar-refractivity contribution in [3.8, 4) is 5.75 Å². The fourth-order valence-corrected chi connectivity index (χ4v) is 2.48. The molecule has 0 radical (unpaired) electrons. The van der Waals surface area contributed by atoms with Crippen molar-refractivity contribution >= 4 is 17.2 Å². The van der Waals surface area contributed by atoms with Crippen molar-refractivity contribution in [2.45, 2.75) is 26.4 Å². The largest absolute Gasteiger partial charge is 0.487 e. The smallest absolute Gasteiger partial charge is 0.251 e. The van der Waals surface area contributed by atoms with Crippen LogP contribution in [-0.4, -0.2) is 17.9 Å². The van der Waals surface area contributed by atoms with Crippen LogP contribution in [0.5, 0.6) is 5.75 Å². The highest BCUT2D eigenvalue weighted by atomic mass is 32.1. The van der Waals surface area contributed by atoms with Crippen LogP contribution in [-0.2, 0) is 6.61 Å². The molecule has 0 aliphatic carbocycles.